The second-order valence-corrected chi connectivity index (χ2v) is 6.47. The highest BCUT2D eigenvalue weighted by Gasteiger charge is 2.40. The van der Waals surface area contributed by atoms with Crippen molar-refractivity contribution in [1.29, 1.82) is 0 Å². The number of carbonyl (C=O) groups excluding carboxylic acids is 1. The van der Waals surface area contributed by atoms with Crippen molar-refractivity contribution in [1.82, 2.24) is 15.4 Å². The van der Waals surface area contributed by atoms with Crippen LogP contribution in [0, 0.1) is 11.8 Å². The van der Waals surface area contributed by atoms with Gasteiger partial charge in [0.15, 0.2) is 0 Å². The molecule has 4 rings (SSSR count). The number of hydrogen-bond acceptors (Lipinski definition) is 4. The van der Waals surface area contributed by atoms with Crippen LogP contribution in [0.2, 0.25) is 0 Å². The molecule has 23 heavy (non-hydrogen) atoms. The van der Waals surface area contributed by atoms with Gasteiger partial charge in [0.25, 0.3) is 0 Å². The van der Waals surface area contributed by atoms with Crippen LogP contribution < -0.4 is 5.43 Å². The zero-order valence-corrected chi connectivity index (χ0v) is 12.2. The molecule has 1 atom stereocenters. The molecule has 122 valence electrons. The topological polar surface area (TPSA) is 67.2 Å². The average Bonchev–Trinajstić information content (AvgIpc) is 3.39. The largest absolute Gasteiger partial charge is 0.433 e. The maximum Gasteiger partial charge on any atom is 0.433 e. The first-order valence-electron chi connectivity index (χ1n) is 7.76. The predicted octanol–water partition coefficient (Wildman–Crippen LogP) is 2.62. The zero-order chi connectivity index (χ0) is 16.2. The van der Waals surface area contributed by atoms with Crippen molar-refractivity contribution in [2.24, 2.45) is 16.9 Å². The molecule has 0 bridgehead atoms. The number of rotatable bonds is 4. The Balaban J connectivity index is 1.71. The molecule has 1 amide bonds. The molecule has 2 fully saturated rings. The quantitative estimate of drug-likeness (QED) is 0.926. The van der Waals surface area contributed by atoms with E-state index in [1.807, 2.05) is 0 Å². The summed E-state index contributed by atoms with van der Waals surface area (Å²) < 4.78 is 39.3. The number of alkyl halides is 3. The maximum absolute atomic E-state index is 13.1. The van der Waals surface area contributed by atoms with E-state index in [2.05, 4.69) is 20.5 Å². The molecule has 3 aliphatic rings. The van der Waals surface area contributed by atoms with Crippen LogP contribution in [0.5, 0.6) is 0 Å². The van der Waals surface area contributed by atoms with E-state index in [0.717, 1.165) is 31.7 Å². The Morgan fingerprint density at radius 1 is 1.17 bits per heavy atom. The molecule has 1 N–H and O–H groups in total. The number of amides is 1. The molecule has 1 aromatic rings. The Bertz CT molecular complexity index is 692. The minimum absolute atomic E-state index is 0.0106. The lowest BCUT2D eigenvalue weighted by molar-refractivity contribution is -0.141. The third-order valence-electron chi connectivity index (χ3n) is 4.44. The molecule has 0 radical (unpaired) electrons. The SMILES string of the molecule is O=C1NN=C(c2cc(C(F)(F)F)nc(C3CC3)n2)C1CC1CC1. The molecule has 1 unspecified atom stereocenters. The molecule has 1 aliphatic heterocycles. The number of hydrogen-bond donors (Lipinski definition) is 1. The van der Waals surface area contributed by atoms with E-state index in [-0.39, 0.29) is 23.3 Å². The van der Waals surface area contributed by atoms with Gasteiger partial charge in [-0.25, -0.2) is 15.4 Å². The Morgan fingerprint density at radius 2 is 1.91 bits per heavy atom. The minimum atomic E-state index is -4.54. The summed E-state index contributed by atoms with van der Waals surface area (Å²) in [6.07, 6.45) is -0.200. The van der Waals surface area contributed by atoms with E-state index >= 15 is 0 Å². The van der Waals surface area contributed by atoms with Crippen molar-refractivity contribution in [2.75, 3.05) is 0 Å². The Kier molecular flexibility index (Phi) is 3.18. The number of hydrazone groups is 1. The lowest BCUT2D eigenvalue weighted by Gasteiger charge is -2.13. The molecule has 2 saturated carbocycles. The molecule has 5 nitrogen and oxygen atoms in total. The van der Waals surface area contributed by atoms with Gasteiger partial charge in [-0.15, -0.1) is 0 Å². The van der Waals surface area contributed by atoms with E-state index < -0.39 is 17.8 Å². The van der Waals surface area contributed by atoms with Gasteiger partial charge >= 0.3 is 6.18 Å². The summed E-state index contributed by atoms with van der Waals surface area (Å²) in [5.74, 6) is -0.107. The Morgan fingerprint density at radius 3 is 2.52 bits per heavy atom. The molecular weight excluding hydrogens is 309 g/mol. The van der Waals surface area contributed by atoms with Crippen molar-refractivity contribution in [3.8, 4) is 0 Å². The first kappa shape index (κ1) is 14.6. The normalized spacial score (nSPS) is 24.6. The van der Waals surface area contributed by atoms with E-state index in [1.54, 1.807) is 0 Å². The summed E-state index contributed by atoms with van der Waals surface area (Å²) >= 11 is 0. The van der Waals surface area contributed by atoms with E-state index in [0.29, 0.717) is 18.1 Å². The highest BCUT2D eigenvalue weighted by Crippen LogP contribution is 2.41. The first-order chi connectivity index (χ1) is 10.9. The van der Waals surface area contributed by atoms with Crippen LogP contribution in [0.1, 0.15) is 55.2 Å². The zero-order valence-electron chi connectivity index (χ0n) is 12.2. The monoisotopic (exact) mass is 324 g/mol. The summed E-state index contributed by atoms with van der Waals surface area (Å²) in [6, 6.07) is 0.908. The fourth-order valence-corrected chi connectivity index (χ4v) is 2.80. The Hall–Kier alpha value is -1.99. The molecule has 2 aliphatic carbocycles. The summed E-state index contributed by atoms with van der Waals surface area (Å²) in [7, 11) is 0. The summed E-state index contributed by atoms with van der Waals surface area (Å²) in [6.45, 7) is 0. The van der Waals surface area contributed by atoms with E-state index in [4.69, 9.17) is 0 Å². The number of aromatic nitrogens is 2. The van der Waals surface area contributed by atoms with Crippen LogP contribution >= 0.6 is 0 Å². The number of halogens is 3. The van der Waals surface area contributed by atoms with Gasteiger partial charge in [-0.05, 0) is 31.2 Å². The summed E-state index contributed by atoms with van der Waals surface area (Å²) in [4.78, 5) is 19.9. The second kappa shape index (κ2) is 5.01. The molecule has 0 aromatic carbocycles. The van der Waals surface area contributed by atoms with Crippen LogP contribution in [0.3, 0.4) is 0 Å². The smallest absolute Gasteiger partial charge is 0.272 e. The fourth-order valence-electron chi connectivity index (χ4n) is 2.80. The van der Waals surface area contributed by atoms with Gasteiger partial charge in [0.1, 0.15) is 11.5 Å². The summed E-state index contributed by atoms with van der Waals surface area (Å²) in [5.41, 5.74) is 1.86. The highest BCUT2D eigenvalue weighted by atomic mass is 19.4. The van der Waals surface area contributed by atoms with Gasteiger partial charge in [0.05, 0.1) is 17.3 Å². The van der Waals surface area contributed by atoms with Crippen molar-refractivity contribution >= 4 is 11.6 Å². The fraction of sp³-hybridized carbons (Fsp3) is 0.600. The van der Waals surface area contributed by atoms with Gasteiger partial charge in [-0.3, -0.25) is 4.79 Å². The van der Waals surface area contributed by atoms with E-state index in [9.17, 15) is 18.0 Å². The standard InChI is InChI=1S/C15H15F3N4O/c16-15(17,18)11-6-10(19-13(20-11)8-3-4-8)12-9(5-7-1-2-7)14(23)22-21-12/h6-9H,1-5H2,(H,22,23). The lowest BCUT2D eigenvalue weighted by Crippen LogP contribution is -2.25. The van der Waals surface area contributed by atoms with Gasteiger partial charge in [-0.1, -0.05) is 12.8 Å². The van der Waals surface area contributed by atoms with Gasteiger partial charge < -0.3 is 0 Å². The molecular formula is C15H15F3N4O. The molecule has 8 heteroatoms. The van der Waals surface area contributed by atoms with Crippen LogP contribution in [0.15, 0.2) is 11.2 Å². The highest BCUT2D eigenvalue weighted by molar-refractivity contribution is 6.15. The molecule has 1 aromatic heterocycles. The summed E-state index contributed by atoms with van der Waals surface area (Å²) in [5, 5.41) is 3.95. The first-order valence-corrected chi connectivity index (χ1v) is 7.76. The van der Waals surface area contributed by atoms with Crippen LogP contribution in [0.25, 0.3) is 0 Å². The van der Waals surface area contributed by atoms with Gasteiger partial charge in [0, 0.05) is 5.92 Å². The molecule has 0 spiro atoms. The van der Waals surface area contributed by atoms with Gasteiger partial charge in [0.2, 0.25) is 5.91 Å². The average molecular weight is 324 g/mol. The van der Waals surface area contributed by atoms with E-state index in [1.165, 1.54) is 0 Å². The minimum Gasteiger partial charge on any atom is -0.272 e. The molecule has 2 heterocycles. The number of nitrogens with one attached hydrogen (secondary N) is 1. The lowest BCUT2D eigenvalue weighted by atomic mass is 9.94. The van der Waals surface area contributed by atoms with Gasteiger partial charge in [-0.2, -0.15) is 18.3 Å². The van der Waals surface area contributed by atoms with Crippen LogP contribution in [0.4, 0.5) is 13.2 Å². The number of nitrogens with zero attached hydrogens (tertiary/aromatic N) is 3. The third kappa shape index (κ3) is 2.94. The van der Waals surface area contributed by atoms with Crippen molar-refractivity contribution in [2.45, 2.75) is 44.2 Å². The van der Waals surface area contributed by atoms with Crippen LogP contribution in [-0.4, -0.2) is 21.6 Å². The van der Waals surface area contributed by atoms with Crippen molar-refractivity contribution < 1.29 is 18.0 Å². The van der Waals surface area contributed by atoms with Crippen molar-refractivity contribution in [3.63, 3.8) is 0 Å². The molecule has 0 saturated heterocycles. The van der Waals surface area contributed by atoms with Crippen molar-refractivity contribution in [3.05, 3.63) is 23.3 Å². The van der Waals surface area contributed by atoms with Crippen LogP contribution in [-0.2, 0) is 11.0 Å². The third-order valence-corrected chi connectivity index (χ3v) is 4.44. The second-order valence-electron chi connectivity index (χ2n) is 6.47. The predicted molar refractivity (Wildman–Crippen MR) is 74.5 cm³/mol. The maximum atomic E-state index is 13.1. The number of carbonyl (C=O) groups is 1. The Labute approximate surface area is 130 Å².